The van der Waals surface area contributed by atoms with Crippen LogP contribution in [0.25, 0.3) is 0 Å². The molecule has 3 fully saturated rings. The second-order valence-corrected chi connectivity index (χ2v) is 6.70. The molecule has 4 aliphatic rings. The predicted octanol–water partition coefficient (Wildman–Crippen LogP) is 0.0887. The average Bonchev–Trinajstić information content (AvgIpc) is 3.26. The van der Waals surface area contributed by atoms with E-state index in [9.17, 15) is 14.4 Å². The summed E-state index contributed by atoms with van der Waals surface area (Å²) >= 11 is 0. The van der Waals surface area contributed by atoms with Crippen LogP contribution in [0.1, 0.15) is 19.3 Å². The summed E-state index contributed by atoms with van der Waals surface area (Å²) in [6, 6.07) is 0. The van der Waals surface area contributed by atoms with Crippen LogP contribution in [0.5, 0.6) is 0 Å². The van der Waals surface area contributed by atoms with Crippen LogP contribution in [0.3, 0.4) is 0 Å². The smallest absolute Gasteiger partial charge is 0.240 e. The Hall–Kier alpha value is -1.69. The molecule has 0 aromatic rings. The number of ether oxygens (including phenoxy) is 1. The van der Waals surface area contributed by atoms with Gasteiger partial charge in [0.15, 0.2) is 0 Å². The molecule has 4 rings (SSSR count). The van der Waals surface area contributed by atoms with Crippen molar-refractivity contribution in [2.75, 3.05) is 19.7 Å². The molecule has 1 saturated carbocycles. The molecule has 0 radical (unpaired) electrons. The van der Waals surface area contributed by atoms with E-state index in [1.807, 2.05) is 0 Å². The van der Waals surface area contributed by atoms with Gasteiger partial charge in [-0.15, -0.1) is 0 Å². The number of hydrogen-bond donors (Lipinski definition) is 1. The average molecular weight is 304 g/mol. The van der Waals surface area contributed by atoms with Crippen molar-refractivity contribution in [1.82, 2.24) is 10.2 Å². The van der Waals surface area contributed by atoms with Crippen LogP contribution in [0, 0.1) is 23.7 Å². The zero-order chi connectivity index (χ0) is 15.3. The van der Waals surface area contributed by atoms with Crippen molar-refractivity contribution >= 4 is 17.7 Å². The minimum atomic E-state index is -0.280. The molecule has 22 heavy (non-hydrogen) atoms. The third kappa shape index (κ3) is 2.08. The molecular weight excluding hydrogens is 284 g/mol. The molecule has 2 heterocycles. The van der Waals surface area contributed by atoms with Gasteiger partial charge in [0.2, 0.25) is 17.7 Å². The van der Waals surface area contributed by atoms with Gasteiger partial charge in [-0.1, -0.05) is 12.2 Å². The van der Waals surface area contributed by atoms with Gasteiger partial charge in [-0.05, 0) is 31.1 Å². The van der Waals surface area contributed by atoms with Gasteiger partial charge in [0, 0.05) is 13.2 Å². The standard InChI is InChI=1S/C16H20N2O4/c19-12(17-7-11-2-1-5-22-11)8-18-15(20)13-9-3-4-10(6-9)14(13)16(18)21/h3-4,9-11,13-14H,1-2,5-8H2,(H,17,19). The Labute approximate surface area is 128 Å². The fourth-order valence-corrected chi connectivity index (χ4v) is 4.35. The van der Waals surface area contributed by atoms with Gasteiger partial charge in [0.05, 0.1) is 17.9 Å². The Bertz CT molecular complexity index is 522. The van der Waals surface area contributed by atoms with E-state index in [0.29, 0.717) is 6.54 Å². The third-order valence-corrected chi connectivity index (χ3v) is 5.41. The van der Waals surface area contributed by atoms with Crippen molar-refractivity contribution in [3.05, 3.63) is 12.2 Å². The highest BCUT2D eigenvalue weighted by Gasteiger charge is 2.59. The van der Waals surface area contributed by atoms with Crippen LogP contribution >= 0.6 is 0 Å². The van der Waals surface area contributed by atoms with Crippen molar-refractivity contribution in [1.29, 1.82) is 0 Å². The maximum absolute atomic E-state index is 12.4. The third-order valence-electron chi connectivity index (χ3n) is 5.41. The van der Waals surface area contributed by atoms with Crippen molar-refractivity contribution < 1.29 is 19.1 Å². The first-order valence-corrected chi connectivity index (χ1v) is 8.07. The summed E-state index contributed by atoms with van der Waals surface area (Å²) in [5.74, 6) is -0.699. The molecule has 0 spiro atoms. The van der Waals surface area contributed by atoms with Crippen LogP contribution in [0.2, 0.25) is 0 Å². The lowest BCUT2D eigenvalue weighted by molar-refractivity contribution is -0.144. The second kappa shape index (κ2) is 5.19. The molecule has 0 aromatic carbocycles. The van der Waals surface area contributed by atoms with Crippen LogP contribution in [0.15, 0.2) is 12.2 Å². The Balaban J connectivity index is 1.36. The number of amides is 3. The SMILES string of the molecule is O=C(CN1C(=O)C2C3C=CC(C3)C2C1=O)NCC1CCCO1. The number of allylic oxidation sites excluding steroid dienone is 2. The summed E-state index contributed by atoms with van der Waals surface area (Å²) in [5.41, 5.74) is 0. The normalized spacial score (nSPS) is 38.9. The van der Waals surface area contributed by atoms with Gasteiger partial charge >= 0.3 is 0 Å². The molecule has 1 N–H and O–H groups in total. The van der Waals surface area contributed by atoms with Gasteiger partial charge < -0.3 is 10.1 Å². The minimum absolute atomic E-state index is 0.0633. The Morgan fingerprint density at radius 3 is 2.50 bits per heavy atom. The topological polar surface area (TPSA) is 75.7 Å². The van der Waals surface area contributed by atoms with Crippen LogP contribution in [-0.4, -0.2) is 48.4 Å². The lowest BCUT2D eigenvalue weighted by Gasteiger charge is -2.17. The largest absolute Gasteiger partial charge is 0.376 e. The van der Waals surface area contributed by atoms with Crippen molar-refractivity contribution in [3.63, 3.8) is 0 Å². The first kappa shape index (κ1) is 13.9. The van der Waals surface area contributed by atoms with Gasteiger partial charge in [-0.3, -0.25) is 19.3 Å². The maximum atomic E-state index is 12.4. The number of nitrogens with zero attached hydrogens (tertiary/aromatic N) is 1. The van der Waals surface area contributed by atoms with E-state index in [1.165, 1.54) is 0 Å². The number of rotatable bonds is 4. The summed E-state index contributed by atoms with van der Waals surface area (Å²) in [6.45, 7) is 1.04. The fraction of sp³-hybridized carbons (Fsp3) is 0.688. The first-order chi connectivity index (χ1) is 10.6. The predicted molar refractivity (Wildman–Crippen MR) is 76.4 cm³/mol. The Morgan fingerprint density at radius 1 is 1.23 bits per heavy atom. The maximum Gasteiger partial charge on any atom is 0.240 e. The van der Waals surface area contributed by atoms with E-state index in [2.05, 4.69) is 17.5 Å². The van der Waals surface area contributed by atoms with Gasteiger partial charge in [-0.2, -0.15) is 0 Å². The van der Waals surface area contributed by atoms with E-state index in [-0.39, 0.29) is 54.0 Å². The molecule has 2 bridgehead atoms. The molecule has 2 saturated heterocycles. The number of likely N-dealkylation sites (tertiary alicyclic amines) is 1. The summed E-state index contributed by atoms with van der Waals surface area (Å²) in [6.07, 6.45) is 7.04. The van der Waals surface area contributed by atoms with E-state index in [4.69, 9.17) is 4.74 Å². The zero-order valence-electron chi connectivity index (χ0n) is 12.4. The van der Waals surface area contributed by atoms with Crippen molar-refractivity contribution in [2.45, 2.75) is 25.4 Å². The molecular formula is C16H20N2O4. The number of hydrogen-bond acceptors (Lipinski definition) is 4. The summed E-state index contributed by atoms with van der Waals surface area (Å²) in [7, 11) is 0. The van der Waals surface area contributed by atoms with E-state index in [0.717, 1.165) is 30.8 Å². The quantitative estimate of drug-likeness (QED) is 0.590. The summed E-state index contributed by atoms with van der Waals surface area (Å²) < 4.78 is 5.44. The van der Waals surface area contributed by atoms with E-state index in [1.54, 1.807) is 0 Å². The molecule has 0 aromatic heterocycles. The Morgan fingerprint density at radius 2 is 1.91 bits per heavy atom. The number of carbonyl (C=O) groups is 3. The zero-order valence-corrected chi connectivity index (χ0v) is 12.4. The van der Waals surface area contributed by atoms with E-state index >= 15 is 0 Å². The number of fused-ring (bicyclic) bond motifs is 5. The molecule has 5 unspecified atom stereocenters. The molecule has 3 amide bonds. The van der Waals surface area contributed by atoms with Crippen molar-refractivity contribution in [3.8, 4) is 0 Å². The number of nitrogens with one attached hydrogen (secondary N) is 1. The first-order valence-electron chi connectivity index (χ1n) is 8.07. The second-order valence-electron chi connectivity index (χ2n) is 6.70. The van der Waals surface area contributed by atoms with Crippen LogP contribution < -0.4 is 5.32 Å². The van der Waals surface area contributed by atoms with Gasteiger partial charge in [-0.25, -0.2) is 0 Å². The molecule has 6 nitrogen and oxygen atoms in total. The lowest BCUT2D eigenvalue weighted by Crippen LogP contribution is -2.43. The van der Waals surface area contributed by atoms with Gasteiger partial charge in [0.25, 0.3) is 0 Å². The van der Waals surface area contributed by atoms with E-state index < -0.39 is 0 Å². The Kier molecular flexibility index (Phi) is 3.29. The number of imide groups is 1. The highest BCUT2D eigenvalue weighted by molar-refractivity contribution is 6.08. The summed E-state index contributed by atoms with van der Waals surface area (Å²) in [5, 5.41) is 2.77. The summed E-state index contributed by atoms with van der Waals surface area (Å²) in [4.78, 5) is 38.1. The highest BCUT2D eigenvalue weighted by Crippen LogP contribution is 2.52. The fourth-order valence-electron chi connectivity index (χ4n) is 4.35. The van der Waals surface area contributed by atoms with Crippen LogP contribution in [-0.2, 0) is 19.1 Å². The van der Waals surface area contributed by atoms with Gasteiger partial charge in [0.1, 0.15) is 6.54 Å². The number of carbonyl (C=O) groups excluding carboxylic acids is 3. The monoisotopic (exact) mass is 304 g/mol. The molecule has 6 heteroatoms. The lowest BCUT2D eigenvalue weighted by atomic mass is 9.85. The van der Waals surface area contributed by atoms with Crippen LogP contribution in [0.4, 0.5) is 0 Å². The molecule has 5 atom stereocenters. The highest BCUT2D eigenvalue weighted by atomic mass is 16.5. The minimum Gasteiger partial charge on any atom is -0.376 e. The molecule has 2 aliphatic heterocycles. The van der Waals surface area contributed by atoms with Crippen molar-refractivity contribution in [2.24, 2.45) is 23.7 Å². The molecule has 118 valence electrons. The molecule has 2 aliphatic carbocycles.